The van der Waals surface area contributed by atoms with Crippen molar-refractivity contribution in [3.63, 3.8) is 0 Å². The van der Waals surface area contributed by atoms with Crippen molar-refractivity contribution >= 4 is 17.4 Å². The summed E-state index contributed by atoms with van der Waals surface area (Å²) in [7, 11) is 0. The number of morpholine rings is 1. The molecule has 0 bridgehead atoms. The molecule has 3 aliphatic rings. The Bertz CT molecular complexity index is 1110. The highest BCUT2D eigenvalue weighted by Crippen LogP contribution is 2.40. The smallest absolute Gasteiger partial charge is 0.295 e. The molecule has 34 heavy (non-hydrogen) atoms. The van der Waals surface area contributed by atoms with Gasteiger partial charge in [0.15, 0.2) is 0 Å². The van der Waals surface area contributed by atoms with E-state index in [0.717, 1.165) is 49.4 Å². The number of fused-ring (bicyclic) bond motifs is 1. The molecule has 2 aromatic rings. The number of ether oxygens (including phenoxy) is 2. The van der Waals surface area contributed by atoms with Crippen LogP contribution >= 0.6 is 0 Å². The summed E-state index contributed by atoms with van der Waals surface area (Å²) in [4.78, 5) is 34.3. The van der Waals surface area contributed by atoms with E-state index in [9.17, 15) is 14.7 Å². The first-order chi connectivity index (χ1) is 16.5. The van der Waals surface area contributed by atoms with Crippen LogP contribution in [0.5, 0.6) is 5.75 Å². The molecule has 0 aliphatic carbocycles. The first-order valence-electron chi connectivity index (χ1n) is 11.8. The summed E-state index contributed by atoms with van der Waals surface area (Å²) in [6, 6.07) is 8.32. The minimum absolute atomic E-state index is 0.0706. The quantitative estimate of drug-likeness (QED) is 0.400. The highest BCUT2D eigenvalue weighted by atomic mass is 16.5. The van der Waals surface area contributed by atoms with Crippen LogP contribution in [-0.4, -0.2) is 77.1 Å². The maximum absolute atomic E-state index is 13.2. The lowest BCUT2D eigenvalue weighted by atomic mass is 9.95. The Hall–Kier alpha value is -3.23. The second-order valence-corrected chi connectivity index (χ2v) is 9.04. The molecule has 2 fully saturated rings. The number of aromatic nitrogens is 1. The van der Waals surface area contributed by atoms with Crippen molar-refractivity contribution in [2.24, 2.45) is 0 Å². The fourth-order valence-corrected chi connectivity index (χ4v) is 5.02. The molecule has 8 heteroatoms. The number of carbonyl (C=O) groups excluding carboxylic acids is 2. The topological polar surface area (TPSA) is 92.2 Å². The zero-order valence-corrected chi connectivity index (χ0v) is 19.3. The fourth-order valence-electron chi connectivity index (χ4n) is 5.02. The van der Waals surface area contributed by atoms with Crippen molar-refractivity contribution in [1.29, 1.82) is 0 Å². The van der Waals surface area contributed by atoms with E-state index in [1.54, 1.807) is 35.5 Å². The van der Waals surface area contributed by atoms with Gasteiger partial charge in [0.2, 0.25) is 0 Å². The average molecular weight is 464 g/mol. The minimum Gasteiger partial charge on any atom is -0.507 e. The molecule has 1 N–H and O–H groups in total. The molecule has 0 unspecified atom stereocenters. The summed E-state index contributed by atoms with van der Waals surface area (Å²) in [5.41, 5.74) is 2.37. The summed E-state index contributed by atoms with van der Waals surface area (Å²) in [5, 5.41) is 11.3. The predicted molar refractivity (Wildman–Crippen MR) is 125 cm³/mol. The van der Waals surface area contributed by atoms with E-state index in [-0.39, 0.29) is 17.4 Å². The first kappa shape index (κ1) is 22.6. The van der Waals surface area contributed by atoms with E-state index in [2.05, 4.69) is 9.88 Å². The second kappa shape index (κ2) is 9.56. The van der Waals surface area contributed by atoms with Gasteiger partial charge in [-0.25, -0.2) is 0 Å². The lowest BCUT2D eigenvalue weighted by molar-refractivity contribution is -0.140. The van der Waals surface area contributed by atoms with Gasteiger partial charge in [0, 0.05) is 50.6 Å². The van der Waals surface area contributed by atoms with E-state index >= 15 is 0 Å². The largest absolute Gasteiger partial charge is 0.507 e. The number of aliphatic hydroxyl groups is 1. The van der Waals surface area contributed by atoms with E-state index in [1.807, 2.05) is 19.1 Å². The van der Waals surface area contributed by atoms with Gasteiger partial charge < -0.3 is 19.5 Å². The lowest BCUT2D eigenvalue weighted by Gasteiger charge is -2.29. The average Bonchev–Trinajstić information content (AvgIpc) is 3.35. The molecule has 5 rings (SSSR count). The van der Waals surface area contributed by atoms with Gasteiger partial charge in [-0.3, -0.25) is 19.5 Å². The molecule has 3 aliphatic heterocycles. The zero-order valence-electron chi connectivity index (χ0n) is 19.3. The van der Waals surface area contributed by atoms with Crippen molar-refractivity contribution in [3.8, 4) is 5.75 Å². The van der Waals surface area contributed by atoms with Crippen molar-refractivity contribution in [2.45, 2.75) is 31.9 Å². The monoisotopic (exact) mass is 463 g/mol. The van der Waals surface area contributed by atoms with Crippen LogP contribution in [0.15, 0.2) is 48.3 Å². The molecule has 4 heterocycles. The lowest BCUT2D eigenvalue weighted by Crippen LogP contribution is -2.38. The van der Waals surface area contributed by atoms with Crippen LogP contribution < -0.4 is 4.74 Å². The molecule has 0 saturated carbocycles. The van der Waals surface area contributed by atoms with Crippen LogP contribution in [0.25, 0.3) is 5.76 Å². The Kier molecular flexibility index (Phi) is 6.34. The maximum Gasteiger partial charge on any atom is 0.295 e. The Morgan fingerprint density at radius 2 is 1.88 bits per heavy atom. The van der Waals surface area contributed by atoms with Crippen molar-refractivity contribution in [1.82, 2.24) is 14.8 Å². The summed E-state index contributed by atoms with van der Waals surface area (Å²) in [5.74, 6) is -0.601. The van der Waals surface area contributed by atoms with Crippen molar-refractivity contribution in [2.75, 3.05) is 39.4 Å². The van der Waals surface area contributed by atoms with Crippen LogP contribution in [0, 0.1) is 0 Å². The highest BCUT2D eigenvalue weighted by Gasteiger charge is 2.45. The summed E-state index contributed by atoms with van der Waals surface area (Å²) < 4.78 is 11.2. The Morgan fingerprint density at radius 3 is 2.65 bits per heavy atom. The van der Waals surface area contributed by atoms with Gasteiger partial charge in [0.1, 0.15) is 17.6 Å². The first-order valence-corrected chi connectivity index (χ1v) is 11.8. The van der Waals surface area contributed by atoms with Gasteiger partial charge in [0.25, 0.3) is 11.7 Å². The number of ketones is 1. The van der Waals surface area contributed by atoms with Crippen LogP contribution in [0.1, 0.15) is 36.1 Å². The Labute approximate surface area is 198 Å². The molecule has 178 valence electrons. The number of nitrogens with zero attached hydrogens (tertiary/aromatic N) is 3. The van der Waals surface area contributed by atoms with E-state index in [0.29, 0.717) is 25.3 Å². The van der Waals surface area contributed by atoms with Crippen LogP contribution in [0.3, 0.4) is 0 Å². The normalized spacial score (nSPS) is 24.3. The number of hydrogen-bond donors (Lipinski definition) is 1. The van der Waals surface area contributed by atoms with Gasteiger partial charge in [-0.1, -0.05) is 0 Å². The third kappa shape index (κ3) is 4.31. The minimum atomic E-state index is -0.657. The van der Waals surface area contributed by atoms with Crippen LogP contribution in [-0.2, 0) is 20.7 Å². The molecule has 1 amide bonds. The number of carbonyl (C=O) groups is 2. The number of hydrogen-bond acceptors (Lipinski definition) is 7. The number of amides is 1. The molecule has 1 aromatic heterocycles. The Morgan fingerprint density at radius 1 is 1.12 bits per heavy atom. The van der Waals surface area contributed by atoms with E-state index in [1.165, 1.54) is 0 Å². The third-order valence-electron chi connectivity index (χ3n) is 6.71. The maximum atomic E-state index is 13.2. The fraction of sp³-hybridized carbons (Fsp3) is 0.423. The van der Waals surface area contributed by atoms with Gasteiger partial charge in [-0.2, -0.15) is 0 Å². The molecule has 0 radical (unpaired) electrons. The molecule has 1 aromatic carbocycles. The molecule has 8 nitrogen and oxygen atoms in total. The second-order valence-electron chi connectivity index (χ2n) is 9.04. The number of Topliss-reactive ketones (excluding diaryl/α,β-unsaturated/α-hetero) is 1. The zero-order chi connectivity index (χ0) is 23.7. The molecular weight excluding hydrogens is 434 g/mol. The van der Waals surface area contributed by atoms with Crippen LogP contribution in [0.4, 0.5) is 0 Å². The van der Waals surface area contributed by atoms with Crippen LogP contribution in [0.2, 0.25) is 0 Å². The molecule has 2 atom stereocenters. The summed E-state index contributed by atoms with van der Waals surface area (Å²) >= 11 is 0. The summed E-state index contributed by atoms with van der Waals surface area (Å²) in [6.07, 6.45) is 4.80. The highest BCUT2D eigenvalue weighted by molar-refractivity contribution is 6.46. The molecule has 0 spiro atoms. The number of aliphatic hydroxyl groups excluding tert-OH is 1. The van der Waals surface area contributed by atoms with E-state index < -0.39 is 17.7 Å². The van der Waals surface area contributed by atoms with Gasteiger partial charge >= 0.3 is 0 Å². The van der Waals surface area contributed by atoms with E-state index in [4.69, 9.17) is 9.47 Å². The molecule has 2 saturated heterocycles. The standard InChI is InChI=1S/C26H29N3O5/c1-17-15-20-16-19(3-4-21(20)34-17)24(30)22-23(18-5-7-27-8-6-18)29(26(32)25(22)31)10-2-9-28-11-13-33-14-12-28/h3-8,16-17,23,30H,2,9-15H2,1H3/t17-,23-/m1/s1. The van der Waals surface area contributed by atoms with Gasteiger partial charge in [0.05, 0.1) is 24.8 Å². The predicted octanol–water partition coefficient (Wildman–Crippen LogP) is 2.55. The number of rotatable bonds is 6. The SMILES string of the molecule is C[C@@H]1Cc2cc(C(O)=C3C(=O)C(=O)N(CCCN4CCOCC4)[C@@H]3c3ccncc3)ccc2O1. The van der Waals surface area contributed by atoms with Crippen molar-refractivity contribution < 1.29 is 24.2 Å². The van der Waals surface area contributed by atoms with Gasteiger partial charge in [-0.05, 0) is 54.8 Å². The summed E-state index contributed by atoms with van der Waals surface area (Å²) in [6.45, 7) is 6.39. The number of likely N-dealkylation sites (tertiary alicyclic amines) is 1. The Balaban J connectivity index is 1.46. The third-order valence-corrected chi connectivity index (χ3v) is 6.71. The molecular formula is C26H29N3O5. The number of pyridine rings is 1. The van der Waals surface area contributed by atoms with Gasteiger partial charge in [-0.15, -0.1) is 0 Å². The number of benzene rings is 1. The van der Waals surface area contributed by atoms with Crippen molar-refractivity contribution in [3.05, 3.63) is 65.0 Å².